The van der Waals surface area contributed by atoms with Gasteiger partial charge < -0.3 is 9.80 Å². The minimum Gasteiger partial charge on any atom is -0.304 e. The van der Waals surface area contributed by atoms with Crippen LogP contribution in [0, 0.1) is 13.8 Å². The Balaban J connectivity index is 0.000000438. The molecule has 0 saturated carbocycles. The molecule has 0 bridgehead atoms. The van der Waals surface area contributed by atoms with E-state index in [9.17, 15) is 0 Å². The average molecular weight is 1040 g/mol. The van der Waals surface area contributed by atoms with Crippen LogP contribution in [0.4, 0.5) is 0 Å². The smallest absolute Gasteiger partial charge is 0.133 e. The lowest BCUT2D eigenvalue weighted by Crippen LogP contribution is -2.53. The zero-order valence-electron chi connectivity index (χ0n) is 53.5. The van der Waals surface area contributed by atoms with Crippen molar-refractivity contribution in [2.45, 2.75) is 224 Å². The molecule has 0 radical (unpaired) electrons. The number of hydrogen-bond acceptors (Lipinski definition) is 9. The van der Waals surface area contributed by atoms with E-state index in [0.717, 1.165) is 11.5 Å². The van der Waals surface area contributed by atoms with E-state index in [2.05, 4.69) is 254 Å². The van der Waals surface area contributed by atoms with Gasteiger partial charge in [-0.15, -0.1) is 0 Å². The fourth-order valence-corrected chi connectivity index (χ4v) is 8.59. The van der Waals surface area contributed by atoms with Gasteiger partial charge in [0.05, 0.1) is 0 Å². The molecule has 9 nitrogen and oxygen atoms in total. The van der Waals surface area contributed by atoms with Gasteiger partial charge in [0.1, 0.15) is 5.82 Å². The number of aryl methyl sites for hydroxylation is 2. The summed E-state index contributed by atoms with van der Waals surface area (Å²) in [5, 5.41) is 0. The monoisotopic (exact) mass is 1040 g/mol. The molecule has 3 saturated heterocycles. The van der Waals surface area contributed by atoms with Gasteiger partial charge >= 0.3 is 0 Å². The Hall–Kier alpha value is -3.60. The average Bonchev–Trinajstić information content (AvgIpc) is 3.32. The summed E-state index contributed by atoms with van der Waals surface area (Å²) in [6, 6.07) is 20.7. The standard InChI is InChI=1S/C11H16.C10H22N2.C10H15N.C9H20N2.C9H19N.C9H13N.C8H12N2/c1-9-5-7-10(8-6-9)11(2,3)4;1-5-11-6-8-12(9-7-11)10(2,3)4;1-8-6-5-7-11-9(8)10(2,3)4;1-9(2,3)11-7-5-10(4)6-8-11;1-9(2,3)10-7-5-4-6-8-10;1-9(2,3)8-6-4-5-7-10-8;1-8(2,3)7-9-5-4-6-10-7/h5-8H,1-4H3;5-9H2,1-4H3;5-7H,1-4H3;5-8H2,1-4H3;4-8H2,1-3H3;4-7H,1-3H3;4-6H,1-3H3. The van der Waals surface area contributed by atoms with Crippen LogP contribution in [0.5, 0.6) is 0 Å². The zero-order valence-corrected chi connectivity index (χ0v) is 53.5. The van der Waals surface area contributed by atoms with Crippen LogP contribution in [-0.2, 0) is 21.7 Å². The van der Waals surface area contributed by atoms with E-state index in [1.54, 1.807) is 12.4 Å². The third kappa shape index (κ3) is 29.6. The van der Waals surface area contributed by atoms with Crippen molar-refractivity contribution in [2.75, 3.05) is 79.0 Å². The summed E-state index contributed by atoms with van der Waals surface area (Å²) in [7, 11) is 2.19. The molecule has 3 aliphatic rings. The summed E-state index contributed by atoms with van der Waals surface area (Å²) in [5.41, 5.74) is 8.19. The first-order valence-corrected chi connectivity index (χ1v) is 28.7. The Labute approximate surface area is 464 Å². The van der Waals surface area contributed by atoms with Gasteiger partial charge in [-0.3, -0.25) is 24.7 Å². The Bertz CT molecular complexity index is 2000. The largest absolute Gasteiger partial charge is 0.304 e. The Morgan fingerprint density at radius 2 is 0.840 bits per heavy atom. The molecule has 0 unspecified atom stereocenters. The van der Waals surface area contributed by atoms with E-state index in [1.807, 2.05) is 36.7 Å². The van der Waals surface area contributed by atoms with Crippen LogP contribution >= 0.6 is 0 Å². The molecule has 3 aromatic heterocycles. The van der Waals surface area contributed by atoms with Crippen LogP contribution in [0.15, 0.2) is 85.5 Å². The first-order valence-electron chi connectivity index (χ1n) is 28.7. The van der Waals surface area contributed by atoms with Crippen LogP contribution < -0.4 is 0 Å². The predicted octanol–water partition coefficient (Wildman–Crippen LogP) is 14.9. The number of pyridine rings is 2. The Kier molecular flexibility index (Phi) is 29.4. The molecule has 0 spiro atoms. The number of nitrogens with zero attached hydrogens (tertiary/aromatic N) is 9. The van der Waals surface area contributed by atoms with Crippen molar-refractivity contribution in [3.05, 3.63) is 119 Å². The van der Waals surface area contributed by atoms with E-state index < -0.39 is 0 Å². The van der Waals surface area contributed by atoms with E-state index in [0.29, 0.717) is 16.6 Å². The van der Waals surface area contributed by atoms with E-state index in [-0.39, 0.29) is 21.7 Å². The highest BCUT2D eigenvalue weighted by atomic mass is 15.3. The lowest BCUT2D eigenvalue weighted by Gasteiger charge is -2.42. The highest BCUT2D eigenvalue weighted by molar-refractivity contribution is 5.26. The van der Waals surface area contributed by atoms with Crippen LogP contribution in [0.25, 0.3) is 0 Å². The summed E-state index contributed by atoms with van der Waals surface area (Å²) >= 11 is 0. The molecule has 0 amide bonds. The van der Waals surface area contributed by atoms with Gasteiger partial charge in [0.25, 0.3) is 0 Å². The van der Waals surface area contributed by atoms with Crippen LogP contribution in [-0.4, -0.2) is 140 Å². The van der Waals surface area contributed by atoms with Gasteiger partial charge in [0.2, 0.25) is 0 Å². The molecule has 3 fully saturated rings. The topological polar surface area (TPSA) is 67.8 Å². The second-order valence-electron chi connectivity index (χ2n) is 28.1. The van der Waals surface area contributed by atoms with Crippen LogP contribution in [0.3, 0.4) is 0 Å². The number of likely N-dealkylation sites (tertiary alicyclic amines) is 1. The Morgan fingerprint density at radius 3 is 1.16 bits per heavy atom. The SMILES string of the molecule is CC(C)(C)N1CCCCC1.CC(C)(C)c1ccccn1.CC(C)(C)c1ncccn1.CCN1CCN(C(C)(C)C)CC1.CN1CCN(C(C)(C)C)CC1.Cc1ccc(C(C)(C)C)cc1.Cc1cccnc1C(C)(C)C. The van der Waals surface area contributed by atoms with Crippen molar-refractivity contribution in [1.82, 2.24) is 44.4 Å². The quantitative estimate of drug-likeness (QED) is 0.185. The first kappa shape index (κ1) is 69.4. The number of piperidine rings is 1. The maximum atomic E-state index is 4.35. The maximum Gasteiger partial charge on any atom is 0.133 e. The van der Waals surface area contributed by atoms with Crippen molar-refractivity contribution >= 4 is 0 Å². The van der Waals surface area contributed by atoms with Gasteiger partial charge in [-0.1, -0.05) is 138 Å². The molecule has 0 atom stereocenters. The highest BCUT2D eigenvalue weighted by Gasteiger charge is 2.26. The molecule has 426 valence electrons. The van der Waals surface area contributed by atoms with Crippen LogP contribution in [0.2, 0.25) is 0 Å². The van der Waals surface area contributed by atoms with E-state index in [4.69, 9.17) is 0 Å². The molecular formula is C66H117N9. The minimum atomic E-state index is 0.0707. The van der Waals surface area contributed by atoms with Crippen molar-refractivity contribution in [3.8, 4) is 0 Å². The predicted molar refractivity (Wildman–Crippen MR) is 329 cm³/mol. The summed E-state index contributed by atoms with van der Waals surface area (Å²) < 4.78 is 0. The maximum absolute atomic E-state index is 4.35. The van der Waals surface area contributed by atoms with Crippen molar-refractivity contribution < 1.29 is 0 Å². The van der Waals surface area contributed by atoms with E-state index >= 15 is 0 Å². The van der Waals surface area contributed by atoms with E-state index in [1.165, 1.54) is 114 Å². The van der Waals surface area contributed by atoms with Crippen molar-refractivity contribution in [1.29, 1.82) is 0 Å². The van der Waals surface area contributed by atoms with Crippen molar-refractivity contribution in [2.24, 2.45) is 0 Å². The highest BCUT2D eigenvalue weighted by Crippen LogP contribution is 2.24. The molecule has 6 heterocycles. The van der Waals surface area contributed by atoms with Gasteiger partial charge in [-0.2, -0.15) is 0 Å². The third-order valence-corrected chi connectivity index (χ3v) is 13.8. The minimum absolute atomic E-state index is 0.0707. The van der Waals surface area contributed by atoms with Gasteiger partial charge in [-0.25, -0.2) is 9.97 Å². The molecule has 1 aromatic carbocycles. The number of benzene rings is 1. The first-order chi connectivity index (χ1) is 34.4. The summed E-state index contributed by atoms with van der Waals surface area (Å²) in [4.78, 5) is 29.5. The molecule has 4 aromatic rings. The summed E-state index contributed by atoms with van der Waals surface area (Å²) in [5.74, 6) is 0.898. The molecule has 9 heteroatoms. The normalized spacial score (nSPS) is 16.8. The number of piperazine rings is 2. The number of likely N-dealkylation sites (N-methyl/N-ethyl adjacent to an activating group) is 2. The number of rotatable bonds is 1. The molecule has 3 aliphatic heterocycles. The molecule has 75 heavy (non-hydrogen) atoms. The molecular weight excluding hydrogens is 919 g/mol. The third-order valence-electron chi connectivity index (χ3n) is 13.8. The molecule has 0 N–H and O–H groups in total. The Morgan fingerprint density at radius 1 is 0.400 bits per heavy atom. The second-order valence-corrected chi connectivity index (χ2v) is 28.1. The van der Waals surface area contributed by atoms with Gasteiger partial charge in [0.15, 0.2) is 0 Å². The lowest BCUT2D eigenvalue weighted by atomic mass is 9.87. The van der Waals surface area contributed by atoms with Gasteiger partial charge in [0, 0.05) is 121 Å². The zero-order chi connectivity index (χ0) is 57.5. The molecule has 0 aliphatic carbocycles. The molecule has 7 rings (SSSR count). The fourth-order valence-electron chi connectivity index (χ4n) is 8.59. The number of hydrogen-bond donors (Lipinski definition) is 0. The lowest BCUT2D eigenvalue weighted by molar-refractivity contribution is 0.0648. The van der Waals surface area contributed by atoms with Gasteiger partial charge in [-0.05, 0) is 156 Å². The van der Waals surface area contributed by atoms with Crippen LogP contribution in [0.1, 0.15) is 205 Å². The fraction of sp³-hybridized carbons (Fsp3) is 0.697. The summed E-state index contributed by atoms with van der Waals surface area (Å²) in [6.07, 6.45) is 11.5. The second kappa shape index (κ2) is 31.7. The summed E-state index contributed by atoms with van der Waals surface area (Å²) in [6.45, 7) is 66.8. The number of aromatic nitrogens is 4. The van der Waals surface area contributed by atoms with Crippen molar-refractivity contribution in [3.63, 3.8) is 0 Å².